The number of carboxylic acids is 1. The van der Waals surface area contributed by atoms with Crippen LogP contribution in [0.4, 0.5) is 0 Å². The van der Waals surface area contributed by atoms with E-state index >= 15 is 0 Å². The average molecular weight is 194 g/mol. The fraction of sp³-hybridized carbons (Fsp3) is 0.833. The maximum Gasteiger partial charge on any atom is 0.335 e. The number of hydrogen-bond acceptors (Lipinski definition) is 6. The molecule has 0 saturated carbocycles. The number of hydrogen-bond donors (Lipinski definition) is 5. The highest BCUT2D eigenvalue weighted by atomic mass is 16.6. The van der Waals surface area contributed by atoms with Gasteiger partial charge < -0.3 is 30.3 Å². The lowest BCUT2D eigenvalue weighted by Crippen LogP contribution is -2.59. The summed E-state index contributed by atoms with van der Waals surface area (Å²) in [6, 6.07) is 0. The standard InChI is InChI=1S/C6H10O7/c7-1-2(8)4(5(10)11)13-6(12)3(1)9/h1-4,6-9,12H,(H,10,11)/t1-,2?,3?,4?,6?/m1/s1. The Morgan fingerprint density at radius 1 is 1.00 bits per heavy atom. The number of aliphatic hydroxyl groups is 4. The predicted molar refractivity (Wildman–Crippen MR) is 36.5 cm³/mol. The molecule has 0 aliphatic carbocycles. The zero-order valence-corrected chi connectivity index (χ0v) is 6.44. The van der Waals surface area contributed by atoms with Crippen LogP contribution in [0.5, 0.6) is 0 Å². The minimum atomic E-state index is -1.81. The summed E-state index contributed by atoms with van der Waals surface area (Å²) >= 11 is 0. The van der Waals surface area contributed by atoms with E-state index in [1.807, 2.05) is 0 Å². The van der Waals surface area contributed by atoms with Crippen molar-refractivity contribution in [1.29, 1.82) is 0 Å². The SMILES string of the molecule is O=C(O)C1OC(O)C(O)[C@H](O)C1O. The van der Waals surface area contributed by atoms with Crippen LogP contribution >= 0.6 is 0 Å². The fourth-order valence-corrected chi connectivity index (χ4v) is 1.07. The smallest absolute Gasteiger partial charge is 0.335 e. The Morgan fingerprint density at radius 2 is 1.54 bits per heavy atom. The first-order chi connectivity index (χ1) is 5.95. The maximum absolute atomic E-state index is 10.4. The fourth-order valence-electron chi connectivity index (χ4n) is 1.07. The van der Waals surface area contributed by atoms with Gasteiger partial charge in [0.2, 0.25) is 0 Å². The number of aliphatic hydroxyl groups excluding tert-OH is 4. The van der Waals surface area contributed by atoms with E-state index in [0.29, 0.717) is 0 Å². The Kier molecular flexibility index (Phi) is 2.84. The Balaban J connectivity index is 2.76. The van der Waals surface area contributed by atoms with Crippen LogP contribution in [0.25, 0.3) is 0 Å². The molecule has 1 heterocycles. The van der Waals surface area contributed by atoms with Gasteiger partial charge in [0, 0.05) is 0 Å². The third-order valence-electron chi connectivity index (χ3n) is 1.83. The summed E-state index contributed by atoms with van der Waals surface area (Å²) in [6.45, 7) is 0. The molecule has 1 aliphatic rings. The largest absolute Gasteiger partial charge is 0.479 e. The molecule has 1 aliphatic heterocycles. The molecule has 0 radical (unpaired) electrons. The van der Waals surface area contributed by atoms with E-state index in [1.54, 1.807) is 0 Å². The van der Waals surface area contributed by atoms with Crippen LogP contribution in [0.3, 0.4) is 0 Å². The van der Waals surface area contributed by atoms with Crippen LogP contribution in [0, 0.1) is 0 Å². The van der Waals surface area contributed by atoms with Crippen LogP contribution in [-0.2, 0) is 9.53 Å². The number of rotatable bonds is 1. The monoisotopic (exact) mass is 194 g/mol. The second kappa shape index (κ2) is 3.56. The van der Waals surface area contributed by atoms with Gasteiger partial charge in [0.15, 0.2) is 12.4 Å². The van der Waals surface area contributed by atoms with Gasteiger partial charge >= 0.3 is 5.97 Å². The van der Waals surface area contributed by atoms with Gasteiger partial charge in [0.25, 0.3) is 0 Å². The molecule has 5 N–H and O–H groups in total. The van der Waals surface area contributed by atoms with Gasteiger partial charge in [0.1, 0.15) is 18.3 Å². The van der Waals surface area contributed by atoms with E-state index in [9.17, 15) is 4.79 Å². The van der Waals surface area contributed by atoms with Gasteiger partial charge in [-0.25, -0.2) is 4.79 Å². The van der Waals surface area contributed by atoms with Crippen molar-refractivity contribution in [3.63, 3.8) is 0 Å². The number of aliphatic carboxylic acids is 1. The first-order valence-corrected chi connectivity index (χ1v) is 3.55. The Bertz CT molecular complexity index is 205. The van der Waals surface area contributed by atoms with Gasteiger partial charge in [-0.05, 0) is 0 Å². The zero-order chi connectivity index (χ0) is 10.2. The molecule has 1 rings (SSSR count). The number of carboxylic acid groups (broad SMARTS) is 1. The van der Waals surface area contributed by atoms with Crippen molar-refractivity contribution in [2.45, 2.75) is 30.7 Å². The van der Waals surface area contributed by atoms with Crippen LogP contribution in [0.1, 0.15) is 0 Å². The van der Waals surface area contributed by atoms with Crippen molar-refractivity contribution >= 4 is 5.97 Å². The van der Waals surface area contributed by atoms with Crippen LogP contribution in [-0.4, -0.2) is 62.2 Å². The first-order valence-electron chi connectivity index (χ1n) is 3.55. The summed E-state index contributed by atoms with van der Waals surface area (Å²) < 4.78 is 4.34. The Labute approximate surface area is 72.8 Å². The number of ether oxygens (including phenoxy) is 1. The van der Waals surface area contributed by atoms with Crippen LogP contribution < -0.4 is 0 Å². The van der Waals surface area contributed by atoms with Gasteiger partial charge in [-0.1, -0.05) is 0 Å². The van der Waals surface area contributed by atoms with E-state index in [-0.39, 0.29) is 0 Å². The molecule has 0 aromatic rings. The summed E-state index contributed by atoms with van der Waals surface area (Å²) in [7, 11) is 0. The third kappa shape index (κ3) is 1.79. The molecule has 7 nitrogen and oxygen atoms in total. The van der Waals surface area contributed by atoms with E-state index in [1.165, 1.54) is 0 Å². The first kappa shape index (κ1) is 10.4. The molecule has 1 saturated heterocycles. The molecule has 0 bridgehead atoms. The minimum absolute atomic E-state index is 1.52. The van der Waals surface area contributed by atoms with Crippen molar-refractivity contribution in [3.05, 3.63) is 0 Å². The molecule has 7 heteroatoms. The minimum Gasteiger partial charge on any atom is -0.479 e. The molecular formula is C6H10O7. The quantitative estimate of drug-likeness (QED) is 0.298. The van der Waals surface area contributed by atoms with E-state index in [4.69, 9.17) is 25.5 Å². The third-order valence-corrected chi connectivity index (χ3v) is 1.83. The molecular weight excluding hydrogens is 184 g/mol. The molecule has 0 aromatic heterocycles. The molecule has 0 spiro atoms. The number of carbonyl (C=O) groups is 1. The van der Waals surface area contributed by atoms with Crippen molar-refractivity contribution in [2.75, 3.05) is 0 Å². The lowest BCUT2D eigenvalue weighted by Gasteiger charge is -2.36. The van der Waals surface area contributed by atoms with Crippen LogP contribution in [0.15, 0.2) is 0 Å². The van der Waals surface area contributed by atoms with Gasteiger partial charge in [0.05, 0.1) is 0 Å². The van der Waals surface area contributed by atoms with Crippen molar-refractivity contribution in [1.82, 2.24) is 0 Å². The second-order valence-corrected chi connectivity index (χ2v) is 2.76. The van der Waals surface area contributed by atoms with E-state index in [0.717, 1.165) is 0 Å². The predicted octanol–water partition coefficient (Wildman–Crippen LogP) is -3.13. The Morgan fingerprint density at radius 3 is 2.00 bits per heavy atom. The van der Waals surface area contributed by atoms with Crippen molar-refractivity contribution in [3.8, 4) is 0 Å². The maximum atomic E-state index is 10.4. The van der Waals surface area contributed by atoms with Crippen molar-refractivity contribution in [2.24, 2.45) is 0 Å². The van der Waals surface area contributed by atoms with E-state index in [2.05, 4.69) is 4.74 Å². The zero-order valence-electron chi connectivity index (χ0n) is 6.44. The molecule has 4 unspecified atom stereocenters. The Hall–Kier alpha value is -0.730. The molecule has 13 heavy (non-hydrogen) atoms. The van der Waals surface area contributed by atoms with E-state index < -0.39 is 36.7 Å². The van der Waals surface area contributed by atoms with Gasteiger partial charge in [-0.3, -0.25) is 0 Å². The molecule has 0 amide bonds. The highest BCUT2D eigenvalue weighted by Gasteiger charge is 2.46. The molecule has 5 atom stereocenters. The summed E-state index contributed by atoms with van der Waals surface area (Å²) in [4.78, 5) is 10.4. The van der Waals surface area contributed by atoms with Crippen molar-refractivity contribution < 1.29 is 35.1 Å². The molecule has 1 fully saturated rings. The highest BCUT2D eigenvalue weighted by Crippen LogP contribution is 2.19. The normalized spacial score (nSPS) is 46.0. The van der Waals surface area contributed by atoms with Gasteiger partial charge in [-0.2, -0.15) is 0 Å². The van der Waals surface area contributed by atoms with Gasteiger partial charge in [-0.15, -0.1) is 0 Å². The average Bonchev–Trinajstić information content (AvgIpc) is 2.07. The second-order valence-electron chi connectivity index (χ2n) is 2.76. The summed E-state index contributed by atoms with van der Waals surface area (Å²) in [6.07, 6.45) is -8.72. The lowest BCUT2D eigenvalue weighted by atomic mass is 9.99. The summed E-state index contributed by atoms with van der Waals surface area (Å²) in [5.74, 6) is -1.52. The molecule has 0 aromatic carbocycles. The highest BCUT2D eigenvalue weighted by molar-refractivity contribution is 5.73. The topological polar surface area (TPSA) is 127 Å². The summed E-state index contributed by atoms with van der Waals surface area (Å²) in [5, 5.41) is 44.4. The molecule has 76 valence electrons. The lowest BCUT2D eigenvalue weighted by molar-refractivity contribution is -0.279. The summed E-state index contributed by atoms with van der Waals surface area (Å²) in [5.41, 5.74) is 0. The van der Waals surface area contributed by atoms with Crippen LogP contribution in [0.2, 0.25) is 0 Å².